The van der Waals surface area contributed by atoms with Gasteiger partial charge in [0.1, 0.15) is 6.42 Å². The van der Waals surface area contributed by atoms with Crippen molar-refractivity contribution in [1.82, 2.24) is 4.98 Å². The largest absolute Gasteiger partial charge is 0.481 e. The van der Waals surface area contributed by atoms with E-state index in [2.05, 4.69) is 4.98 Å². The highest BCUT2D eigenvalue weighted by molar-refractivity contribution is 6.31. The van der Waals surface area contributed by atoms with Gasteiger partial charge in [0.25, 0.3) is 0 Å². The molecule has 1 aromatic heterocycles. The lowest BCUT2D eigenvalue weighted by Gasteiger charge is -1.96. The molecule has 14 heavy (non-hydrogen) atoms. The minimum absolute atomic E-state index is 0.00614. The summed E-state index contributed by atoms with van der Waals surface area (Å²) in [4.78, 5) is 23.4. The summed E-state index contributed by atoms with van der Waals surface area (Å²) in [5, 5.41) is 18.9. The molecule has 0 aliphatic rings. The fourth-order valence-corrected chi connectivity index (χ4v) is 1.01. The highest BCUT2D eigenvalue weighted by atomic mass is 35.5. The summed E-state index contributed by atoms with van der Waals surface area (Å²) < 4.78 is 0. The molecule has 0 aliphatic carbocycles. The van der Waals surface area contributed by atoms with Crippen LogP contribution in [0.4, 0.5) is 5.82 Å². The predicted molar refractivity (Wildman–Crippen MR) is 47.2 cm³/mol. The second-order valence-electron chi connectivity index (χ2n) is 2.43. The van der Waals surface area contributed by atoms with Crippen LogP contribution in [0.2, 0.25) is 5.02 Å². The summed E-state index contributed by atoms with van der Waals surface area (Å²) in [5.41, 5.74) is -0.00614. The monoisotopic (exact) mass is 216 g/mol. The molecule has 1 N–H and O–H groups in total. The van der Waals surface area contributed by atoms with Crippen molar-refractivity contribution in [2.24, 2.45) is 0 Å². The van der Waals surface area contributed by atoms with Gasteiger partial charge in [-0.25, -0.2) is 0 Å². The van der Waals surface area contributed by atoms with Crippen LogP contribution in [0, 0.1) is 10.1 Å². The van der Waals surface area contributed by atoms with Gasteiger partial charge >= 0.3 is 11.8 Å². The molecule has 0 bridgehead atoms. The number of carboxylic acid groups (broad SMARTS) is 1. The molecular weight excluding hydrogens is 212 g/mol. The molecule has 0 aromatic carbocycles. The lowest BCUT2D eigenvalue weighted by Crippen LogP contribution is -2.04. The molecule has 1 heterocycles. The highest BCUT2D eigenvalue weighted by Crippen LogP contribution is 2.18. The van der Waals surface area contributed by atoms with Gasteiger partial charge in [-0.3, -0.25) is 4.79 Å². The number of hydrogen-bond acceptors (Lipinski definition) is 4. The van der Waals surface area contributed by atoms with Crippen molar-refractivity contribution in [2.45, 2.75) is 6.42 Å². The number of rotatable bonds is 3. The number of carboxylic acids is 1. The number of carbonyl (C=O) groups is 1. The summed E-state index contributed by atoms with van der Waals surface area (Å²) in [5.74, 6) is -1.55. The number of nitro groups is 1. The zero-order chi connectivity index (χ0) is 10.7. The molecule has 0 spiro atoms. The molecule has 0 saturated carbocycles. The smallest absolute Gasteiger partial charge is 0.363 e. The van der Waals surface area contributed by atoms with E-state index in [-0.39, 0.29) is 10.7 Å². The van der Waals surface area contributed by atoms with E-state index < -0.39 is 23.1 Å². The number of aliphatic carboxylic acids is 1. The van der Waals surface area contributed by atoms with Crippen molar-refractivity contribution in [3.05, 3.63) is 33.0 Å². The average Bonchev–Trinajstić information content (AvgIpc) is 2.07. The summed E-state index contributed by atoms with van der Waals surface area (Å²) in [6.07, 6.45) is -0.430. The first kappa shape index (κ1) is 10.4. The standard InChI is InChI=1S/C7H5ClN2O4/c8-4-1-2-6(10(13)14)9-5(4)3-7(11)12/h1-2H,3H2,(H,11,12). The van der Waals surface area contributed by atoms with Gasteiger partial charge in [0.15, 0.2) is 5.69 Å². The van der Waals surface area contributed by atoms with Gasteiger partial charge in [0.05, 0.1) is 5.02 Å². The van der Waals surface area contributed by atoms with E-state index in [1.165, 1.54) is 6.07 Å². The van der Waals surface area contributed by atoms with Crippen molar-refractivity contribution in [3.8, 4) is 0 Å². The van der Waals surface area contributed by atoms with Crippen LogP contribution in [0.5, 0.6) is 0 Å². The van der Waals surface area contributed by atoms with Gasteiger partial charge in [0.2, 0.25) is 0 Å². The lowest BCUT2D eigenvalue weighted by atomic mass is 10.2. The van der Waals surface area contributed by atoms with Crippen LogP contribution in [0.3, 0.4) is 0 Å². The Hall–Kier alpha value is -1.69. The highest BCUT2D eigenvalue weighted by Gasteiger charge is 2.16. The average molecular weight is 217 g/mol. The third kappa shape index (κ3) is 2.40. The topological polar surface area (TPSA) is 93.3 Å². The normalized spacial score (nSPS) is 9.79. The maximum Gasteiger partial charge on any atom is 0.363 e. The second kappa shape index (κ2) is 4.01. The minimum Gasteiger partial charge on any atom is -0.481 e. The molecule has 7 heteroatoms. The van der Waals surface area contributed by atoms with Gasteiger partial charge in [-0.05, 0) is 16.0 Å². The Bertz CT molecular complexity index is 393. The molecule has 74 valence electrons. The van der Waals surface area contributed by atoms with E-state index in [4.69, 9.17) is 16.7 Å². The van der Waals surface area contributed by atoms with Crippen molar-refractivity contribution >= 4 is 23.4 Å². The third-order valence-electron chi connectivity index (χ3n) is 1.41. The van der Waals surface area contributed by atoms with Crippen LogP contribution in [0.25, 0.3) is 0 Å². The second-order valence-corrected chi connectivity index (χ2v) is 2.83. The molecule has 0 amide bonds. The molecule has 0 unspecified atom stereocenters. The van der Waals surface area contributed by atoms with Crippen LogP contribution >= 0.6 is 11.6 Å². The molecule has 0 fully saturated rings. The van der Waals surface area contributed by atoms with E-state index >= 15 is 0 Å². The van der Waals surface area contributed by atoms with Gasteiger partial charge in [-0.15, -0.1) is 0 Å². The Kier molecular flexibility index (Phi) is 2.98. The molecule has 1 rings (SSSR count). The minimum atomic E-state index is -1.14. The number of hydrogen-bond donors (Lipinski definition) is 1. The zero-order valence-electron chi connectivity index (χ0n) is 6.81. The SMILES string of the molecule is O=C(O)Cc1nc([N+](=O)[O-])ccc1Cl. The number of pyridine rings is 1. The number of nitrogens with zero attached hydrogens (tertiary/aromatic N) is 2. The lowest BCUT2D eigenvalue weighted by molar-refractivity contribution is -0.389. The maximum absolute atomic E-state index is 10.3. The van der Waals surface area contributed by atoms with Crippen LogP contribution in [-0.4, -0.2) is 21.0 Å². The van der Waals surface area contributed by atoms with Crippen molar-refractivity contribution < 1.29 is 14.8 Å². The van der Waals surface area contributed by atoms with E-state index in [1.807, 2.05) is 0 Å². The fourth-order valence-electron chi connectivity index (χ4n) is 0.842. The summed E-state index contributed by atoms with van der Waals surface area (Å²) in [6.45, 7) is 0. The third-order valence-corrected chi connectivity index (χ3v) is 1.75. The summed E-state index contributed by atoms with van der Waals surface area (Å²) >= 11 is 5.60. The van der Waals surface area contributed by atoms with Gasteiger partial charge < -0.3 is 15.2 Å². The zero-order valence-corrected chi connectivity index (χ0v) is 7.56. The Morgan fingerprint density at radius 1 is 1.64 bits per heavy atom. The number of halogens is 1. The first-order chi connectivity index (χ1) is 6.50. The van der Waals surface area contributed by atoms with Crippen LogP contribution < -0.4 is 0 Å². The van der Waals surface area contributed by atoms with E-state index in [0.29, 0.717) is 0 Å². The van der Waals surface area contributed by atoms with Gasteiger partial charge in [-0.1, -0.05) is 11.6 Å². The van der Waals surface area contributed by atoms with Crippen LogP contribution in [0.15, 0.2) is 12.1 Å². The van der Waals surface area contributed by atoms with Crippen molar-refractivity contribution in [2.75, 3.05) is 0 Å². The fraction of sp³-hybridized carbons (Fsp3) is 0.143. The molecular formula is C7H5ClN2O4. The van der Waals surface area contributed by atoms with Gasteiger partial charge in [0, 0.05) is 6.07 Å². The quantitative estimate of drug-likeness (QED) is 0.607. The molecule has 1 aromatic rings. The molecule has 6 nitrogen and oxygen atoms in total. The summed E-state index contributed by atoms with van der Waals surface area (Å²) in [6, 6.07) is 2.37. The maximum atomic E-state index is 10.3. The Balaban J connectivity index is 3.08. The van der Waals surface area contributed by atoms with Gasteiger partial charge in [-0.2, -0.15) is 0 Å². The van der Waals surface area contributed by atoms with Crippen molar-refractivity contribution in [3.63, 3.8) is 0 Å². The summed E-state index contributed by atoms with van der Waals surface area (Å²) in [7, 11) is 0. The Labute approximate surface area is 83.3 Å². The van der Waals surface area contributed by atoms with Crippen LogP contribution in [-0.2, 0) is 11.2 Å². The van der Waals surface area contributed by atoms with Crippen molar-refractivity contribution in [1.29, 1.82) is 0 Å². The number of aromatic nitrogens is 1. The van der Waals surface area contributed by atoms with E-state index in [9.17, 15) is 14.9 Å². The van der Waals surface area contributed by atoms with E-state index in [1.54, 1.807) is 0 Å². The van der Waals surface area contributed by atoms with Crippen LogP contribution in [0.1, 0.15) is 5.69 Å². The molecule has 0 saturated heterocycles. The van der Waals surface area contributed by atoms with E-state index in [0.717, 1.165) is 6.07 Å². The molecule has 0 aliphatic heterocycles. The first-order valence-corrected chi connectivity index (χ1v) is 3.90. The predicted octanol–water partition coefficient (Wildman–Crippen LogP) is 1.27. The Morgan fingerprint density at radius 2 is 2.29 bits per heavy atom. The molecule has 0 atom stereocenters. The Morgan fingerprint density at radius 3 is 2.79 bits per heavy atom. The first-order valence-electron chi connectivity index (χ1n) is 3.52. The molecule has 0 radical (unpaired) electrons.